The average molecular weight is 399 g/mol. The van der Waals surface area contributed by atoms with Crippen LogP contribution in [0.15, 0.2) is 30.5 Å². The van der Waals surface area contributed by atoms with Crippen molar-refractivity contribution in [2.24, 2.45) is 0 Å². The van der Waals surface area contributed by atoms with Crippen molar-refractivity contribution in [1.82, 2.24) is 15.3 Å². The van der Waals surface area contributed by atoms with Gasteiger partial charge < -0.3 is 10.2 Å². The maximum absolute atomic E-state index is 13.1. The molecular formula is C19H19ClN6O2. The van der Waals surface area contributed by atoms with Crippen LogP contribution in [-0.2, 0) is 0 Å². The first-order chi connectivity index (χ1) is 13.6. The molecule has 3 amide bonds. The number of anilines is 3. The van der Waals surface area contributed by atoms with Gasteiger partial charge in [0.1, 0.15) is 11.5 Å². The molecule has 2 aliphatic heterocycles. The molecule has 2 fully saturated rings. The standard InChI is InChI=1S/C19H19ClN6O2/c20-11-1-6-16(21-9-11)24-19(28)26-13-7-8-25(10-13)15-5-4-14(23-17(15)26)18(27)22-12-2-3-12/h1,4-6,9,12-13H,2-3,7-8,10H2,(H,22,27)(H,21,24,28). The van der Waals surface area contributed by atoms with Gasteiger partial charge in [-0.15, -0.1) is 0 Å². The lowest BCUT2D eigenvalue weighted by Gasteiger charge is -2.35. The summed E-state index contributed by atoms with van der Waals surface area (Å²) in [6.07, 6.45) is 4.35. The number of halogens is 1. The fourth-order valence-electron chi connectivity index (χ4n) is 3.70. The monoisotopic (exact) mass is 398 g/mol. The second-order valence-electron chi connectivity index (χ2n) is 7.34. The predicted octanol–water partition coefficient (Wildman–Crippen LogP) is 2.65. The van der Waals surface area contributed by atoms with Crippen LogP contribution in [0.4, 0.5) is 22.1 Å². The van der Waals surface area contributed by atoms with Crippen LogP contribution >= 0.6 is 11.6 Å². The Morgan fingerprint density at radius 1 is 1.14 bits per heavy atom. The summed E-state index contributed by atoms with van der Waals surface area (Å²) < 4.78 is 0. The van der Waals surface area contributed by atoms with Gasteiger partial charge in [0.2, 0.25) is 0 Å². The zero-order chi connectivity index (χ0) is 19.3. The highest BCUT2D eigenvalue weighted by atomic mass is 35.5. The van der Waals surface area contributed by atoms with Gasteiger partial charge >= 0.3 is 6.03 Å². The molecule has 2 bridgehead atoms. The van der Waals surface area contributed by atoms with E-state index in [2.05, 4.69) is 25.5 Å². The molecule has 2 aromatic heterocycles. The Kier molecular flexibility index (Phi) is 4.08. The van der Waals surface area contributed by atoms with Gasteiger partial charge in [0.25, 0.3) is 5.91 Å². The van der Waals surface area contributed by atoms with Crippen LogP contribution in [0.5, 0.6) is 0 Å². The summed E-state index contributed by atoms with van der Waals surface area (Å²) in [5.41, 5.74) is 1.20. The molecule has 5 rings (SSSR count). The van der Waals surface area contributed by atoms with E-state index in [1.54, 1.807) is 23.1 Å². The Labute approximate surface area is 166 Å². The predicted molar refractivity (Wildman–Crippen MR) is 106 cm³/mol. The minimum Gasteiger partial charge on any atom is -0.366 e. The van der Waals surface area contributed by atoms with Gasteiger partial charge in [-0.1, -0.05) is 11.6 Å². The van der Waals surface area contributed by atoms with Crippen molar-refractivity contribution in [3.05, 3.63) is 41.2 Å². The maximum Gasteiger partial charge on any atom is 0.329 e. The number of nitrogens with one attached hydrogen (secondary N) is 2. The number of fused-ring (bicyclic) bond motifs is 4. The van der Waals surface area contributed by atoms with Crippen LogP contribution in [0, 0.1) is 0 Å². The fraction of sp³-hybridized carbons (Fsp3) is 0.368. The van der Waals surface area contributed by atoms with Crippen molar-refractivity contribution >= 4 is 40.9 Å². The molecule has 1 aliphatic carbocycles. The van der Waals surface area contributed by atoms with E-state index in [1.807, 2.05) is 6.07 Å². The summed E-state index contributed by atoms with van der Waals surface area (Å²) in [5.74, 6) is 0.737. The molecule has 1 atom stereocenters. The van der Waals surface area contributed by atoms with E-state index >= 15 is 0 Å². The normalized spacial score (nSPS) is 20.0. The third kappa shape index (κ3) is 3.13. The molecule has 144 valence electrons. The highest BCUT2D eigenvalue weighted by Crippen LogP contribution is 2.39. The topological polar surface area (TPSA) is 90.5 Å². The fourth-order valence-corrected chi connectivity index (χ4v) is 3.82. The van der Waals surface area contributed by atoms with Crippen molar-refractivity contribution in [2.45, 2.75) is 31.3 Å². The molecule has 3 aliphatic rings. The first-order valence-electron chi connectivity index (χ1n) is 9.37. The third-order valence-electron chi connectivity index (χ3n) is 5.28. The first kappa shape index (κ1) is 17.2. The van der Waals surface area contributed by atoms with Crippen molar-refractivity contribution in [3.63, 3.8) is 0 Å². The van der Waals surface area contributed by atoms with Gasteiger partial charge in [-0.3, -0.25) is 15.0 Å². The number of urea groups is 1. The zero-order valence-electron chi connectivity index (χ0n) is 15.1. The smallest absolute Gasteiger partial charge is 0.329 e. The van der Waals surface area contributed by atoms with Crippen LogP contribution in [-0.4, -0.2) is 47.1 Å². The third-order valence-corrected chi connectivity index (χ3v) is 5.50. The highest BCUT2D eigenvalue weighted by molar-refractivity contribution is 6.30. The number of amides is 3. The number of pyridine rings is 2. The number of hydrogen-bond acceptors (Lipinski definition) is 5. The van der Waals surface area contributed by atoms with E-state index in [0.29, 0.717) is 22.4 Å². The molecule has 1 saturated carbocycles. The lowest BCUT2D eigenvalue weighted by atomic mass is 10.1. The number of aromatic nitrogens is 2. The molecule has 28 heavy (non-hydrogen) atoms. The average Bonchev–Trinajstić information content (AvgIpc) is 3.41. The molecule has 1 unspecified atom stereocenters. The lowest BCUT2D eigenvalue weighted by Crippen LogP contribution is -2.48. The van der Waals surface area contributed by atoms with Crippen LogP contribution in [0.3, 0.4) is 0 Å². The van der Waals surface area contributed by atoms with Crippen LogP contribution < -0.4 is 20.4 Å². The van der Waals surface area contributed by atoms with E-state index < -0.39 is 0 Å². The van der Waals surface area contributed by atoms with Crippen LogP contribution in [0.2, 0.25) is 5.02 Å². The Balaban J connectivity index is 1.45. The minimum atomic E-state index is -0.310. The summed E-state index contributed by atoms with van der Waals surface area (Å²) in [6, 6.07) is 6.88. The van der Waals surface area contributed by atoms with E-state index in [4.69, 9.17) is 11.6 Å². The van der Waals surface area contributed by atoms with Crippen molar-refractivity contribution in [3.8, 4) is 0 Å². The molecular weight excluding hydrogens is 380 g/mol. The summed E-state index contributed by atoms with van der Waals surface area (Å²) in [4.78, 5) is 38.0. The Bertz CT molecular complexity index is 946. The van der Waals surface area contributed by atoms with Gasteiger partial charge in [0, 0.05) is 25.3 Å². The Hall–Kier alpha value is -2.87. The molecule has 0 aromatic carbocycles. The summed E-state index contributed by atoms with van der Waals surface area (Å²) >= 11 is 5.86. The quantitative estimate of drug-likeness (QED) is 0.829. The molecule has 2 aromatic rings. The number of carbonyl (C=O) groups excluding carboxylic acids is 2. The molecule has 9 heteroatoms. The van der Waals surface area contributed by atoms with Crippen molar-refractivity contribution in [1.29, 1.82) is 0 Å². The Morgan fingerprint density at radius 3 is 2.75 bits per heavy atom. The van der Waals surface area contributed by atoms with Crippen LogP contribution in [0.1, 0.15) is 29.8 Å². The maximum atomic E-state index is 13.1. The molecule has 1 saturated heterocycles. The van der Waals surface area contributed by atoms with Crippen LogP contribution in [0.25, 0.3) is 0 Å². The molecule has 8 nitrogen and oxygen atoms in total. The second kappa shape index (κ2) is 6.63. The van der Waals surface area contributed by atoms with E-state index in [0.717, 1.165) is 38.0 Å². The number of carbonyl (C=O) groups is 2. The lowest BCUT2D eigenvalue weighted by molar-refractivity contribution is 0.0946. The van der Waals surface area contributed by atoms with E-state index in [1.165, 1.54) is 6.20 Å². The van der Waals surface area contributed by atoms with E-state index in [-0.39, 0.29) is 24.0 Å². The summed E-state index contributed by atoms with van der Waals surface area (Å²) in [7, 11) is 0. The van der Waals surface area contributed by atoms with E-state index in [9.17, 15) is 9.59 Å². The largest absolute Gasteiger partial charge is 0.366 e. The first-order valence-corrected chi connectivity index (χ1v) is 9.75. The molecule has 4 heterocycles. The molecule has 0 spiro atoms. The van der Waals surface area contributed by atoms with Crippen molar-refractivity contribution < 1.29 is 9.59 Å². The molecule has 2 N–H and O–H groups in total. The van der Waals surface area contributed by atoms with Gasteiger partial charge in [0.15, 0.2) is 5.82 Å². The van der Waals surface area contributed by atoms with Crippen molar-refractivity contribution in [2.75, 3.05) is 28.2 Å². The number of rotatable bonds is 3. The Morgan fingerprint density at radius 2 is 2.00 bits per heavy atom. The van der Waals surface area contributed by atoms with Gasteiger partial charge in [0.05, 0.1) is 16.8 Å². The summed E-state index contributed by atoms with van der Waals surface area (Å²) in [5, 5.41) is 6.26. The molecule has 0 radical (unpaired) electrons. The zero-order valence-corrected chi connectivity index (χ0v) is 15.8. The number of nitrogens with zero attached hydrogens (tertiary/aromatic N) is 4. The van der Waals surface area contributed by atoms with Gasteiger partial charge in [-0.25, -0.2) is 14.8 Å². The van der Waals surface area contributed by atoms with Gasteiger partial charge in [-0.05, 0) is 43.5 Å². The highest BCUT2D eigenvalue weighted by Gasteiger charge is 2.40. The van der Waals surface area contributed by atoms with Gasteiger partial charge in [-0.2, -0.15) is 0 Å². The number of hydrogen-bond donors (Lipinski definition) is 2. The SMILES string of the molecule is O=C(NC1CC1)c1ccc2c(n1)N(C(=O)Nc1ccc(Cl)cn1)C1CCN2C1. The summed E-state index contributed by atoms with van der Waals surface area (Å²) in [6.45, 7) is 1.61. The minimum absolute atomic E-state index is 0.00837. The second-order valence-corrected chi connectivity index (χ2v) is 7.77.